The summed E-state index contributed by atoms with van der Waals surface area (Å²) in [5.74, 6) is 2.08. The van der Waals surface area contributed by atoms with E-state index in [4.69, 9.17) is 9.26 Å². The van der Waals surface area contributed by atoms with Gasteiger partial charge in [0.15, 0.2) is 5.76 Å². The molecule has 24 heavy (non-hydrogen) atoms. The topological polar surface area (TPSA) is 64.4 Å². The molecule has 1 amide bonds. The van der Waals surface area contributed by atoms with Gasteiger partial charge in [-0.05, 0) is 36.8 Å². The Morgan fingerprint density at radius 3 is 3.04 bits per heavy atom. The van der Waals surface area contributed by atoms with E-state index in [9.17, 15) is 4.79 Å². The number of ether oxygens (including phenoxy) is 1. The molecule has 0 spiro atoms. The molecule has 1 N–H and O–H groups in total. The predicted molar refractivity (Wildman–Crippen MR) is 90.6 cm³/mol. The van der Waals surface area contributed by atoms with E-state index in [2.05, 4.69) is 24.3 Å². The number of nitrogens with one attached hydrogen (secondary N) is 1. The Labute approximate surface area is 142 Å². The smallest absolute Gasteiger partial charge is 0.223 e. The third-order valence-electron chi connectivity index (χ3n) is 4.20. The average Bonchev–Trinajstić information content (AvgIpc) is 2.88. The van der Waals surface area contributed by atoms with Gasteiger partial charge >= 0.3 is 0 Å². The minimum atomic E-state index is -0.0771. The van der Waals surface area contributed by atoms with Crippen LogP contribution in [0.2, 0.25) is 0 Å². The summed E-state index contributed by atoms with van der Waals surface area (Å²) in [6.07, 6.45) is 2.31. The Hall–Kier alpha value is -2.30. The zero-order valence-corrected chi connectivity index (χ0v) is 14.2. The second-order valence-corrected chi connectivity index (χ2v) is 6.75. The van der Waals surface area contributed by atoms with Crippen LogP contribution in [0.5, 0.6) is 5.75 Å². The third-order valence-corrected chi connectivity index (χ3v) is 4.20. The highest BCUT2D eigenvalue weighted by molar-refractivity contribution is 5.79. The number of fused-ring (bicyclic) bond motifs is 1. The summed E-state index contributed by atoms with van der Waals surface area (Å²) in [6.45, 7) is 5.23. The monoisotopic (exact) mass is 328 g/mol. The van der Waals surface area contributed by atoms with E-state index >= 15 is 0 Å². The number of hydrogen-bond donors (Lipinski definition) is 1. The lowest BCUT2D eigenvalue weighted by atomic mass is 9.96. The van der Waals surface area contributed by atoms with Crippen molar-refractivity contribution in [3.05, 3.63) is 47.3 Å². The first-order valence-electron chi connectivity index (χ1n) is 8.54. The van der Waals surface area contributed by atoms with Crippen molar-refractivity contribution in [2.45, 2.75) is 39.7 Å². The number of benzene rings is 1. The molecule has 5 nitrogen and oxygen atoms in total. The molecule has 0 radical (unpaired) electrons. The molecule has 1 aromatic heterocycles. The van der Waals surface area contributed by atoms with E-state index in [1.807, 2.05) is 30.3 Å². The second kappa shape index (κ2) is 7.51. The fourth-order valence-corrected chi connectivity index (χ4v) is 2.99. The van der Waals surface area contributed by atoms with E-state index in [0.717, 1.165) is 29.8 Å². The number of amides is 1. The average molecular weight is 328 g/mol. The maximum Gasteiger partial charge on any atom is 0.223 e. The number of hydrogen-bond acceptors (Lipinski definition) is 4. The van der Waals surface area contributed by atoms with Crippen LogP contribution in [-0.2, 0) is 24.2 Å². The lowest BCUT2D eigenvalue weighted by Crippen LogP contribution is -2.31. The molecular formula is C19H24N2O3. The Morgan fingerprint density at radius 1 is 1.38 bits per heavy atom. The molecule has 1 atom stereocenters. The third kappa shape index (κ3) is 4.16. The van der Waals surface area contributed by atoms with Crippen molar-refractivity contribution >= 4 is 5.91 Å². The normalized spacial score (nSPS) is 17.0. The lowest BCUT2D eigenvalue weighted by Gasteiger charge is -2.13. The molecule has 128 valence electrons. The number of para-hydroxylation sites is 1. The summed E-state index contributed by atoms with van der Waals surface area (Å²) in [6, 6.07) is 9.84. The van der Waals surface area contributed by atoms with Crippen LogP contribution in [0.3, 0.4) is 0 Å². The van der Waals surface area contributed by atoms with Gasteiger partial charge in [-0.15, -0.1) is 0 Å². The molecule has 2 heterocycles. The number of aromatic nitrogens is 1. The molecule has 1 aliphatic rings. The highest BCUT2D eigenvalue weighted by atomic mass is 16.5. The Kier molecular flexibility index (Phi) is 5.18. The van der Waals surface area contributed by atoms with Crippen LogP contribution in [0.25, 0.3) is 0 Å². The molecule has 1 aliphatic heterocycles. The molecular weight excluding hydrogens is 304 g/mol. The minimum Gasteiger partial charge on any atom is -0.493 e. The van der Waals surface area contributed by atoms with E-state index in [0.29, 0.717) is 31.3 Å². The van der Waals surface area contributed by atoms with E-state index in [1.54, 1.807) is 0 Å². The van der Waals surface area contributed by atoms with Crippen molar-refractivity contribution in [2.24, 2.45) is 11.8 Å². The quantitative estimate of drug-likeness (QED) is 0.916. The van der Waals surface area contributed by atoms with Gasteiger partial charge in [0.05, 0.1) is 18.8 Å². The van der Waals surface area contributed by atoms with Crippen LogP contribution in [0.15, 0.2) is 34.9 Å². The number of rotatable bonds is 5. The van der Waals surface area contributed by atoms with Gasteiger partial charge < -0.3 is 14.6 Å². The number of nitrogens with zero attached hydrogens (tertiary/aromatic N) is 1. The van der Waals surface area contributed by atoms with Crippen molar-refractivity contribution in [1.29, 1.82) is 0 Å². The van der Waals surface area contributed by atoms with Crippen LogP contribution in [-0.4, -0.2) is 17.7 Å². The summed E-state index contributed by atoms with van der Waals surface area (Å²) in [4.78, 5) is 12.5. The van der Waals surface area contributed by atoms with E-state index in [-0.39, 0.29) is 11.8 Å². The lowest BCUT2D eigenvalue weighted by molar-refractivity contribution is -0.125. The SMILES string of the molecule is CC(C)Cc1cc(CNC(=O)[C@H]2CCOc3ccccc3C2)on1. The maximum absolute atomic E-state index is 12.5. The van der Waals surface area contributed by atoms with Gasteiger partial charge in [-0.2, -0.15) is 0 Å². The van der Waals surface area contributed by atoms with Crippen LogP contribution in [0.1, 0.15) is 37.3 Å². The molecule has 0 saturated carbocycles. The van der Waals surface area contributed by atoms with Crippen molar-refractivity contribution in [2.75, 3.05) is 6.61 Å². The van der Waals surface area contributed by atoms with Crippen molar-refractivity contribution in [3.8, 4) is 5.75 Å². The van der Waals surface area contributed by atoms with Crippen LogP contribution < -0.4 is 10.1 Å². The van der Waals surface area contributed by atoms with Crippen LogP contribution >= 0.6 is 0 Å². The fraction of sp³-hybridized carbons (Fsp3) is 0.474. The maximum atomic E-state index is 12.5. The van der Waals surface area contributed by atoms with Gasteiger partial charge in [-0.1, -0.05) is 37.2 Å². The van der Waals surface area contributed by atoms with Gasteiger partial charge in [-0.3, -0.25) is 4.79 Å². The summed E-state index contributed by atoms with van der Waals surface area (Å²) < 4.78 is 11.0. The van der Waals surface area contributed by atoms with Crippen LogP contribution in [0, 0.1) is 11.8 Å². The van der Waals surface area contributed by atoms with Crippen molar-refractivity contribution < 1.29 is 14.1 Å². The summed E-state index contributed by atoms with van der Waals surface area (Å²) in [7, 11) is 0. The van der Waals surface area contributed by atoms with Gasteiger partial charge in [0.2, 0.25) is 5.91 Å². The van der Waals surface area contributed by atoms with Gasteiger partial charge in [-0.25, -0.2) is 0 Å². The zero-order valence-electron chi connectivity index (χ0n) is 14.2. The molecule has 0 fully saturated rings. The van der Waals surface area contributed by atoms with E-state index < -0.39 is 0 Å². The largest absolute Gasteiger partial charge is 0.493 e. The molecule has 0 saturated heterocycles. The molecule has 5 heteroatoms. The minimum absolute atomic E-state index is 0.0390. The molecule has 0 bridgehead atoms. The Balaban J connectivity index is 1.56. The van der Waals surface area contributed by atoms with Crippen LogP contribution in [0.4, 0.5) is 0 Å². The number of carbonyl (C=O) groups is 1. The standard InChI is InChI=1S/C19H24N2O3/c1-13(2)9-16-11-17(24-21-16)12-20-19(22)15-7-8-23-18-6-4-3-5-14(18)10-15/h3-6,11,13,15H,7-10,12H2,1-2H3,(H,20,22)/t15-/m0/s1. The number of carbonyl (C=O) groups excluding carboxylic acids is 1. The second-order valence-electron chi connectivity index (χ2n) is 6.75. The summed E-state index contributed by atoms with van der Waals surface area (Å²) in [5.41, 5.74) is 2.03. The summed E-state index contributed by atoms with van der Waals surface area (Å²) in [5, 5.41) is 7.01. The van der Waals surface area contributed by atoms with Gasteiger partial charge in [0.25, 0.3) is 0 Å². The van der Waals surface area contributed by atoms with Crippen molar-refractivity contribution in [3.63, 3.8) is 0 Å². The van der Waals surface area contributed by atoms with Crippen molar-refractivity contribution in [1.82, 2.24) is 10.5 Å². The highest BCUT2D eigenvalue weighted by Crippen LogP contribution is 2.26. The fourth-order valence-electron chi connectivity index (χ4n) is 2.99. The summed E-state index contributed by atoms with van der Waals surface area (Å²) >= 11 is 0. The Bertz CT molecular complexity index is 693. The molecule has 0 aliphatic carbocycles. The first-order chi connectivity index (χ1) is 11.6. The zero-order chi connectivity index (χ0) is 16.9. The first kappa shape index (κ1) is 16.6. The van der Waals surface area contributed by atoms with Gasteiger partial charge in [0.1, 0.15) is 5.75 Å². The van der Waals surface area contributed by atoms with Gasteiger partial charge in [0, 0.05) is 12.0 Å². The Morgan fingerprint density at radius 2 is 2.21 bits per heavy atom. The van der Waals surface area contributed by atoms with E-state index in [1.165, 1.54) is 0 Å². The molecule has 2 aromatic rings. The molecule has 1 aromatic carbocycles. The molecule has 0 unspecified atom stereocenters. The highest BCUT2D eigenvalue weighted by Gasteiger charge is 2.23. The first-order valence-corrected chi connectivity index (χ1v) is 8.54. The predicted octanol–water partition coefficient (Wildman–Crippen LogP) is 3.13. The molecule has 3 rings (SSSR count).